The van der Waals surface area contributed by atoms with Crippen LogP contribution >= 0.6 is 0 Å². The molecule has 4 heteroatoms. The van der Waals surface area contributed by atoms with Crippen LogP contribution in [0.15, 0.2) is 0 Å². The summed E-state index contributed by atoms with van der Waals surface area (Å²) in [5.74, 6) is 0. The number of hydrogen-bond donors (Lipinski definition) is 1. The summed E-state index contributed by atoms with van der Waals surface area (Å²) in [5, 5.41) is 8.77. The summed E-state index contributed by atoms with van der Waals surface area (Å²) in [6, 6.07) is 0. The van der Waals surface area contributed by atoms with Crippen molar-refractivity contribution in [3.8, 4) is 0 Å². The van der Waals surface area contributed by atoms with Gasteiger partial charge in [0, 0.05) is 19.6 Å². The lowest BCUT2D eigenvalue weighted by molar-refractivity contribution is -0.104. The van der Waals surface area contributed by atoms with Gasteiger partial charge in [0.15, 0.2) is 6.29 Å². The minimum absolute atomic E-state index is 0.0728. The molecule has 2 rings (SSSR count). The van der Waals surface area contributed by atoms with E-state index in [4.69, 9.17) is 19.3 Å². The third-order valence-corrected chi connectivity index (χ3v) is 2.99. The van der Waals surface area contributed by atoms with Crippen LogP contribution in [-0.4, -0.2) is 43.4 Å². The van der Waals surface area contributed by atoms with Crippen LogP contribution in [0.1, 0.15) is 32.1 Å². The fraction of sp³-hybridized carbons (Fsp3) is 1.00. The molecule has 0 saturated carbocycles. The van der Waals surface area contributed by atoms with E-state index in [1.54, 1.807) is 0 Å². The minimum atomic E-state index is -0.121. The van der Waals surface area contributed by atoms with E-state index in [1.807, 2.05) is 0 Å². The van der Waals surface area contributed by atoms with Gasteiger partial charge >= 0.3 is 0 Å². The van der Waals surface area contributed by atoms with Crippen LogP contribution < -0.4 is 0 Å². The minimum Gasteiger partial charge on any atom is -0.396 e. The number of aliphatic hydroxyl groups is 1. The molecular formula is C11H20O4. The molecule has 0 aromatic heterocycles. The molecule has 0 aromatic rings. The zero-order valence-electron chi connectivity index (χ0n) is 9.06. The van der Waals surface area contributed by atoms with Gasteiger partial charge in [-0.25, -0.2) is 0 Å². The first-order valence-corrected chi connectivity index (χ1v) is 5.88. The van der Waals surface area contributed by atoms with Crippen LogP contribution in [0.5, 0.6) is 0 Å². The Morgan fingerprint density at radius 3 is 2.80 bits per heavy atom. The second kappa shape index (κ2) is 5.80. The topological polar surface area (TPSA) is 47.9 Å². The Kier molecular flexibility index (Phi) is 4.38. The Hall–Kier alpha value is -0.160. The zero-order chi connectivity index (χ0) is 10.5. The average Bonchev–Trinajstić information content (AvgIpc) is 2.68. The molecule has 2 fully saturated rings. The Balaban J connectivity index is 1.67. The predicted octanol–water partition coefficient (Wildman–Crippen LogP) is 1.07. The van der Waals surface area contributed by atoms with Crippen molar-refractivity contribution in [3.05, 3.63) is 0 Å². The van der Waals surface area contributed by atoms with Crippen LogP contribution in [0, 0.1) is 0 Å². The van der Waals surface area contributed by atoms with Gasteiger partial charge in [0.1, 0.15) is 0 Å². The Labute approximate surface area is 90.5 Å². The maximum Gasteiger partial charge on any atom is 0.160 e. The lowest BCUT2D eigenvalue weighted by atomic mass is 10.1. The van der Waals surface area contributed by atoms with Crippen LogP contribution in [0.25, 0.3) is 0 Å². The van der Waals surface area contributed by atoms with Gasteiger partial charge in [0.2, 0.25) is 0 Å². The summed E-state index contributed by atoms with van der Waals surface area (Å²) in [4.78, 5) is 0. The third-order valence-electron chi connectivity index (χ3n) is 2.99. The van der Waals surface area contributed by atoms with Gasteiger partial charge in [0.05, 0.1) is 18.8 Å². The first kappa shape index (κ1) is 11.3. The standard InChI is InChI=1S/C11H20O4/c12-5-4-10-8-14-11(15-10)7-9-3-1-2-6-13-9/h9-12H,1-8H2. The lowest BCUT2D eigenvalue weighted by Gasteiger charge is -2.24. The highest BCUT2D eigenvalue weighted by Gasteiger charge is 2.28. The Morgan fingerprint density at radius 1 is 1.13 bits per heavy atom. The van der Waals surface area contributed by atoms with E-state index < -0.39 is 0 Å². The number of aliphatic hydroxyl groups excluding tert-OH is 1. The summed E-state index contributed by atoms with van der Waals surface area (Å²) >= 11 is 0. The van der Waals surface area contributed by atoms with Crippen LogP contribution in [0.4, 0.5) is 0 Å². The van der Waals surface area contributed by atoms with Gasteiger partial charge in [0.25, 0.3) is 0 Å². The molecule has 2 saturated heterocycles. The quantitative estimate of drug-likeness (QED) is 0.763. The molecule has 0 amide bonds. The van der Waals surface area contributed by atoms with Gasteiger partial charge in [-0.1, -0.05) is 0 Å². The van der Waals surface area contributed by atoms with Gasteiger partial charge < -0.3 is 19.3 Å². The van der Waals surface area contributed by atoms with Crippen molar-refractivity contribution in [1.29, 1.82) is 0 Å². The molecule has 2 aliphatic rings. The normalized spacial score (nSPS) is 37.0. The van der Waals surface area contributed by atoms with Crippen molar-refractivity contribution in [2.45, 2.75) is 50.6 Å². The highest BCUT2D eigenvalue weighted by molar-refractivity contribution is 4.71. The van der Waals surface area contributed by atoms with Gasteiger partial charge in [-0.05, 0) is 25.7 Å². The summed E-state index contributed by atoms with van der Waals surface area (Å²) < 4.78 is 16.8. The van der Waals surface area contributed by atoms with Crippen molar-refractivity contribution in [2.24, 2.45) is 0 Å². The third kappa shape index (κ3) is 3.41. The molecule has 3 unspecified atom stereocenters. The van der Waals surface area contributed by atoms with E-state index >= 15 is 0 Å². The zero-order valence-corrected chi connectivity index (χ0v) is 9.06. The second-order valence-electron chi connectivity index (χ2n) is 4.26. The maximum absolute atomic E-state index is 8.77. The summed E-state index contributed by atoms with van der Waals surface area (Å²) in [6.07, 6.45) is 5.30. The molecule has 0 bridgehead atoms. The molecule has 3 atom stereocenters. The fourth-order valence-corrected chi connectivity index (χ4v) is 2.13. The van der Waals surface area contributed by atoms with Crippen molar-refractivity contribution < 1.29 is 19.3 Å². The maximum atomic E-state index is 8.77. The van der Waals surface area contributed by atoms with Gasteiger partial charge in [-0.15, -0.1) is 0 Å². The highest BCUT2D eigenvalue weighted by Crippen LogP contribution is 2.23. The highest BCUT2D eigenvalue weighted by atomic mass is 16.7. The molecule has 2 aliphatic heterocycles. The summed E-state index contributed by atoms with van der Waals surface area (Å²) in [7, 11) is 0. The van der Waals surface area contributed by atoms with Crippen molar-refractivity contribution >= 4 is 0 Å². The molecule has 4 nitrogen and oxygen atoms in total. The van der Waals surface area contributed by atoms with Crippen molar-refractivity contribution in [3.63, 3.8) is 0 Å². The van der Waals surface area contributed by atoms with Crippen LogP contribution in [-0.2, 0) is 14.2 Å². The van der Waals surface area contributed by atoms with Gasteiger partial charge in [-0.3, -0.25) is 0 Å². The first-order valence-electron chi connectivity index (χ1n) is 5.88. The fourth-order valence-electron chi connectivity index (χ4n) is 2.13. The van der Waals surface area contributed by atoms with E-state index in [-0.39, 0.29) is 19.0 Å². The molecular weight excluding hydrogens is 196 g/mol. The SMILES string of the molecule is OCCC1COC(CC2CCCCO2)O1. The lowest BCUT2D eigenvalue weighted by Crippen LogP contribution is -2.25. The molecule has 88 valence electrons. The molecule has 0 spiro atoms. The largest absolute Gasteiger partial charge is 0.396 e. The molecule has 0 radical (unpaired) electrons. The van der Waals surface area contributed by atoms with Crippen molar-refractivity contribution in [1.82, 2.24) is 0 Å². The van der Waals surface area contributed by atoms with Gasteiger partial charge in [-0.2, -0.15) is 0 Å². The second-order valence-corrected chi connectivity index (χ2v) is 4.26. The van der Waals surface area contributed by atoms with E-state index in [9.17, 15) is 0 Å². The first-order chi connectivity index (χ1) is 7.38. The molecule has 0 aliphatic carbocycles. The number of ether oxygens (including phenoxy) is 3. The molecule has 2 heterocycles. The van der Waals surface area contributed by atoms with E-state index in [0.717, 1.165) is 19.4 Å². The van der Waals surface area contributed by atoms with Crippen molar-refractivity contribution in [2.75, 3.05) is 19.8 Å². The summed E-state index contributed by atoms with van der Waals surface area (Å²) in [5.41, 5.74) is 0. The molecule has 15 heavy (non-hydrogen) atoms. The average molecular weight is 216 g/mol. The Bertz CT molecular complexity index is 179. The smallest absolute Gasteiger partial charge is 0.160 e. The predicted molar refractivity (Wildman–Crippen MR) is 54.5 cm³/mol. The van der Waals surface area contributed by atoms with Crippen LogP contribution in [0.2, 0.25) is 0 Å². The van der Waals surface area contributed by atoms with E-state index in [0.29, 0.717) is 19.1 Å². The molecule has 0 aromatic carbocycles. The van der Waals surface area contributed by atoms with Crippen LogP contribution in [0.3, 0.4) is 0 Å². The van der Waals surface area contributed by atoms with E-state index in [2.05, 4.69) is 0 Å². The number of hydrogen-bond acceptors (Lipinski definition) is 4. The van der Waals surface area contributed by atoms with E-state index in [1.165, 1.54) is 12.8 Å². The monoisotopic (exact) mass is 216 g/mol. The number of rotatable bonds is 4. The Morgan fingerprint density at radius 2 is 2.07 bits per heavy atom. The molecule has 1 N–H and O–H groups in total. The summed E-state index contributed by atoms with van der Waals surface area (Å²) in [6.45, 7) is 1.65.